The highest BCUT2D eigenvalue weighted by Gasteiger charge is 2.03. The molecule has 0 saturated heterocycles. The van der Waals surface area contributed by atoms with E-state index in [1.807, 2.05) is 41.2 Å². The number of nitrogens with one attached hydrogen (secondary N) is 1. The number of aliphatic hydroxyl groups excluding tert-OH is 1. The van der Waals surface area contributed by atoms with Crippen molar-refractivity contribution in [2.45, 2.75) is 26.1 Å². The van der Waals surface area contributed by atoms with Crippen LogP contribution >= 0.6 is 0 Å². The van der Waals surface area contributed by atoms with Gasteiger partial charge in [-0.2, -0.15) is 5.10 Å². The third-order valence-corrected chi connectivity index (χ3v) is 2.54. The standard InChI is InChI=1S/C13H17N3O/c1-11(9-16-7-3-6-14-16)15-13-5-2-4-12(8-13)10-17/h2-8,11,15,17H,9-10H2,1H3. The Kier molecular flexibility index (Phi) is 3.77. The number of benzene rings is 1. The summed E-state index contributed by atoms with van der Waals surface area (Å²) in [7, 11) is 0. The number of aromatic nitrogens is 2. The summed E-state index contributed by atoms with van der Waals surface area (Å²) in [6.45, 7) is 2.99. The fourth-order valence-electron chi connectivity index (χ4n) is 1.78. The third-order valence-electron chi connectivity index (χ3n) is 2.54. The van der Waals surface area contributed by atoms with Crippen molar-refractivity contribution in [2.24, 2.45) is 0 Å². The first-order chi connectivity index (χ1) is 8.28. The lowest BCUT2D eigenvalue weighted by Crippen LogP contribution is -2.22. The molecule has 17 heavy (non-hydrogen) atoms. The second-order valence-corrected chi connectivity index (χ2v) is 4.13. The molecule has 0 fully saturated rings. The van der Waals surface area contributed by atoms with E-state index in [4.69, 9.17) is 5.11 Å². The Morgan fingerprint density at radius 2 is 2.29 bits per heavy atom. The van der Waals surface area contributed by atoms with Crippen LogP contribution in [-0.2, 0) is 13.2 Å². The molecule has 0 spiro atoms. The molecule has 0 bridgehead atoms. The van der Waals surface area contributed by atoms with E-state index in [9.17, 15) is 0 Å². The van der Waals surface area contributed by atoms with Crippen LogP contribution in [-0.4, -0.2) is 20.9 Å². The van der Waals surface area contributed by atoms with E-state index >= 15 is 0 Å². The molecule has 90 valence electrons. The number of aliphatic hydroxyl groups is 1. The zero-order valence-corrected chi connectivity index (χ0v) is 9.87. The van der Waals surface area contributed by atoms with E-state index in [0.29, 0.717) is 0 Å². The van der Waals surface area contributed by atoms with Crippen molar-refractivity contribution in [3.05, 3.63) is 48.3 Å². The van der Waals surface area contributed by atoms with Crippen molar-refractivity contribution in [1.82, 2.24) is 9.78 Å². The normalized spacial score (nSPS) is 12.4. The summed E-state index contributed by atoms with van der Waals surface area (Å²) in [5, 5.41) is 16.6. The molecule has 0 aliphatic carbocycles. The Morgan fingerprint density at radius 3 is 3.00 bits per heavy atom. The molecular weight excluding hydrogens is 214 g/mol. The minimum atomic E-state index is 0.0725. The molecule has 2 aromatic rings. The molecule has 1 atom stereocenters. The zero-order chi connectivity index (χ0) is 12.1. The van der Waals surface area contributed by atoms with Gasteiger partial charge in [-0.1, -0.05) is 12.1 Å². The van der Waals surface area contributed by atoms with Gasteiger partial charge in [-0.25, -0.2) is 0 Å². The maximum Gasteiger partial charge on any atom is 0.0682 e. The van der Waals surface area contributed by atoms with E-state index in [2.05, 4.69) is 17.3 Å². The van der Waals surface area contributed by atoms with E-state index in [1.165, 1.54) is 0 Å². The Bertz CT molecular complexity index is 453. The highest BCUT2D eigenvalue weighted by atomic mass is 16.3. The van der Waals surface area contributed by atoms with E-state index < -0.39 is 0 Å². The van der Waals surface area contributed by atoms with E-state index in [-0.39, 0.29) is 12.6 Å². The minimum absolute atomic E-state index is 0.0725. The maximum atomic E-state index is 9.06. The topological polar surface area (TPSA) is 50.1 Å². The molecule has 0 saturated carbocycles. The first-order valence-corrected chi connectivity index (χ1v) is 5.71. The summed E-state index contributed by atoms with van der Waals surface area (Å²) in [4.78, 5) is 0. The number of hydrogen-bond donors (Lipinski definition) is 2. The van der Waals surface area contributed by atoms with Crippen LogP contribution in [0.3, 0.4) is 0 Å². The van der Waals surface area contributed by atoms with Gasteiger partial charge in [0.05, 0.1) is 13.2 Å². The second kappa shape index (κ2) is 5.50. The molecule has 1 aromatic carbocycles. The van der Waals surface area contributed by atoms with Crippen molar-refractivity contribution in [2.75, 3.05) is 5.32 Å². The summed E-state index contributed by atoms with van der Waals surface area (Å²) in [5.41, 5.74) is 1.94. The van der Waals surface area contributed by atoms with Crippen molar-refractivity contribution < 1.29 is 5.11 Å². The molecule has 4 heteroatoms. The maximum absolute atomic E-state index is 9.06. The van der Waals surface area contributed by atoms with Gasteiger partial charge >= 0.3 is 0 Å². The van der Waals surface area contributed by atoms with Gasteiger partial charge in [0.1, 0.15) is 0 Å². The second-order valence-electron chi connectivity index (χ2n) is 4.13. The SMILES string of the molecule is CC(Cn1cccn1)Nc1cccc(CO)c1. The van der Waals surface area contributed by atoms with Gasteiger partial charge in [0.2, 0.25) is 0 Å². The van der Waals surface area contributed by atoms with Gasteiger partial charge in [0, 0.05) is 24.1 Å². The molecule has 2 N–H and O–H groups in total. The van der Waals surface area contributed by atoms with E-state index in [1.54, 1.807) is 6.20 Å². The Hall–Kier alpha value is -1.81. The third kappa shape index (κ3) is 3.32. The van der Waals surface area contributed by atoms with Crippen LogP contribution in [0.25, 0.3) is 0 Å². The average Bonchev–Trinajstić information content (AvgIpc) is 2.82. The molecule has 0 radical (unpaired) electrons. The van der Waals surface area contributed by atoms with Crippen LogP contribution in [0.1, 0.15) is 12.5 Å². The number of nitrogens with zero attached hydrogens (tertiary/aromatic N) is 2. The molecule has 0 amide bonds. The molecule has 1 heterocycles. The van der Waals surface area contributed by atoms with Crippen molar-refractivity contribution in [3.8, 4) is 0 Å². The number of rotatable bonds is 5. The lowest BCUT2D eigenvalue weighted by atomic mass is 10.2. The molecule has 4 nitrogen and oxygen atoms in total. The van der Waals surface area contributed by atoms with Crippen molar-refractivity contribution in [3.63, 3.8) is 0 Å². The summed E-state index contributed by atoms with van der Waals surface area (Å²) in [5.74, 6) is 0. The van der Waals surface area contributed by atoms with Crippen LogP contribution in [0, 0.1) is 0 Å². The van der Waals surface area contributed by atoms with Gasteiger partial charge < -0.3 is 10.4 Å². The molecule has 1 aromatic heterocycles. The van der Waals surface area contributed by atoms with E-state index in [0.717, 1.165) is 17.8 Å². The van der Waals surface area contributed by atoms with Gasteiger partial charge in [0.15, 0.2) is 0 Å². The van der Waals surface area contributed by atoms with Crippen LogP contribution < -0.4 is 5.32 Å². The van der Waals surface area contributed by atoms with Gasteiger partial charge in [-0.05, 0) is 30.7 Å². The fraction of sp³-hybridized carbons (Fsp3) is 0.308. The summed E-state index contributed by atoms with van der Waals surface area (Å²) in [6, 6.07) is 10.00. The highest BCUT2D eigenvalue weighted by Crippen LogP contribution is 2.12. The van der Waals surface area contributed by atoms with Gasteiger partial charge in [0.25, 0.3) is 0 Å². The first-order valence-electron chi connectivity index (χ1n) is 5.71. The Morgan fingerprint density at radius 1 is 1.41 bits per heavy atom. The minimum Gasteiger partial charge on any atom is -0.392 e. The largest absolute Gasteiger partial charge is 0.392 e. The average molecular weight is 231 g/mol. The summed E-state index contributed by atoms with van der Waals surface area (Å²) >= 11 is 0. The number of anilines is 1. The van der Waals surface area contributed by atoms with Gasteiger partial charge in [-0.3, -0.25) is 4.68 Å². The summed E-state index contributed by atoms with van der Waals surface area (Å²) in [6.07, 6.45) is 3.72. The molecular formula is C13H17N3O. The molecule has 0 aliphatic heterocycles. The first kappa shape index (κ1) is 11.7. The predicted octanol–water partition coefficient (Wildman–Crippen LogP) is 1.88. The molecule has 2 rings (SSSR count). The zero-order valence-electron chi connectivity index (χ0n) is 9.87. The predicted molar refractivity (Wildman–Crippen MR) is 67.7 cm³/mol. The highest BCUT2D eigenvalue weighted by molar-refractivity contribution is 5.46. The van der Waals surface area contributed by atoms with Crippen LogP contribution in [0.5, 0.6) is 0 Å². The van der Waals surface area contributed by atoms with Gasteiger partial charge in [-0.15, -0.1) is 0 Å². The monoisotopic (exact) mass is 231 g/mol. The smallest absolute Gasteiger partial charge is 0.0682 e. The molecule has 1 unspecified atom stereocenters. The lowest BCUT2D eigenvalue weighted by Gasteiger charge is -2.15. The van der Waals surface area contributed by atoms with Crippen molar-refractivity contribution >= 4 is 5.69 Å². The quantitative estimate of drug-likeness (QED) is 0.826. The Labute approximate surface area is 101 Å². The van der Waals surface area contributed by atoms with Crippen LogP contribution in [0.2, 0.25) is 0 Å². The Balaban J connectivity index is 1.95. The lowest BCUT2D eigenvalue weighted by molar-refractivity contribution is 0.282. The molecule has 0 aliphatic rings. The number of hydrogen-bond acceptors (Lipinski definition) is 3. The summed E-state index contributed by atoms with van der Waals surface area (Å²) < 4.78 is 1.90. The fourth-order valence-corrected chi connectivity index (χ4v) is 1.78. The van der Waals surface area contributed by atoms with Crippen molar-refractivity contribution in [1.29, 1.82) is 0 Å². The van der Waals surface area contributed by atoms with Crippen LogP contribution in [0.15, 0.2) is 42.7 Å². The van der Waals surface area contributed by atoms with Crippen LogP contribution in [0.4, 0.5) is 5.69 Å².